The number of benzene rings is 1. The molecule has 1 aliphatic heterocycles. The lowest BCUT2D eigenvalue weighted by Gasteiger charge is -2.26. The fourth-order valence-electron chi connectivity index (χ4n) is 2.69. The van der Waals surface area contributed by atoms with E-state index in [0.29, 0.717) is 18.5 Å². The van der Waals surface area contributed by atoms with Gasteiger partial charge in [0.1, 0.15) is 0 Å². The summed E-state index contributed by atoms with van der Waals surface area (Å²) in [4.78, 5) is 14.1. The van der Waals surface area contributed by atoms with E-state index in [9.17, 15) is 13.2 Å². The number of sulfonamides is 1. The second-order valence-corrected chi connectivity index (χ2v) is 7.93. The highest BCUT2D eigenvalue weighted by Gasteiger charge is 2.16. The second-order valence-electron chi connectivity index (χ2n) is 6.09. The van der Waals surface area contributed by atoms with Crippen LogP contribution in [0.2, 0.25) is 0 Å². The predicted molar refractivity (Wildman–Crippen MR) is 92.9 cm³/mol. The average Bonchev–Trinajstić information content (AvgIpc) is 2.55. The van der Waals surface area contributed by atoms with Crippen LogP contribution >= 0.6 is 0 Å². The molecule has 1 fully saturated rings. The van der Waals surface area contributed by atoms with E-state index in [4.69, 9.17) is 0 Å². The van der Waals surface area contributed by atoms with Crippen molar-refractivity contribution in [3.05, 3.63) is 29.8 Å². The first kappa shape index (κ1) is 17.8. The minimum Gasteiger partial charge on any atom is -0.342 e. The number of rotatable bonds is 7. The highest BCUT2D eigenvalue weighted by molar-refractivity contribution is 7.92. The molecule has 6 heteroatoms. The number of nitrogens with one attached hydrogen (secondary N) is 1. The smallest absolute Gasteiger partial charge is 0.232 e. The maximum atomic E-state index is 12.2. The van der Waals surface area contributed by atoms with Gasteiger partial charge < -0.3 is 4.90 Å². The lowest BCUT2D eigenvalue weighted by molar-refractivity contribution is -0.131. The van der Waals surface area contributed by atoms with Crippen LogP contribution in [0.3, 0.4) is 0 Å². The van der Waals surface area contributed by atoms with Gasteiger partial charge in [-0.1, -0.05) is 25.5 Å². The standard InChI is InChI=1S/C17H26N2O3S/c1-2-3-13-23(21,22)18-16-9-7-15(8-10-16)14-17(20)19-11-5-4-6-12-19/h7-10,18H,2-6,11-14H2,1H3. The number of hydrogen-bond acceptors (Lipinski definition) is 3. The minimum atomic E-state index is -3.27. The average molecular weight is 338 g/mol. The van der Waals surface area contributed by atoms with Gasteiger partial charge in [-0.15, -0.1) is 0 Å². The Balaban J connectivity index is 1.90. The van der Waals surface area contributed by atoms with Gasteiger partial charge in [0.15, 0.2) is 0 Å². The second kappa shape index (κ2) is 8.34. The Bertz CT molecular complexity index is 605. The molecular weight excluding hydrogens is 312 g/mol. The Morgan fingerprint density at radius 1 is 1.13 bits per heavy atom. The van der Waals surface area contributed by atoms with Crippen molar-refractivity contribution < 1.29 is 13.2 Å². The predicted octanol–water partition coefficient (Wildman–Crippen LogP) is 2.78. The van der Waals surface area contributed by atoms with Crippen LogP contribution in [-0.4, -0.2) is 38.1 Å². The van der Waals surface area contributed by atoms with Crippen molar-refractivity contribution in [1.82, 2.24) is 4.90 Å². The molecule has 2 rings (SSSR count). The molecule has 1 N–H and O–H groups in total. The lowest BCUT2D eigenvalue weighted by Crippen LogP contribution is -2.36. The normalized spacial score (nSPS) is 15.4. The number of likely N-dealkylation sites (tertiary alicyclic amines) is 1. The molecule has 0 radical (unpaired) electrons. The summed E-state index contributed by atoms with van der Waals surface area (Å²) < 4.78 is 26.3. The molecule has 1 saturated heterocycles. The molecule has 0 aromatic heterocycles. The molecule has 0 spiro atoms. The number of hydrogen-bond donors (Lipinski definition) is 1. The fourth-order valence-corrected chi connectivity index (χ4v) is 3.95. The van der Waals surface area contributed by atoms with Crippen LogP contribution in [0.1, 0.15) is 44.6 Å². The molecule has 1 heterocycles. The molecule has 23 heavy (non-hydrogen) atoms. The van der Waals surface area contributed by atoms with Crippen LogP contribution in [0.15, 0.2) is 24.3 Å². The number of nitrogens with zero attached hydrogens (tertiary/aromatic N) is 1. The topological polar surface area (TPSA) is 66.5 Å². The van der Waals surface area contributed by atoms with Gasteiger partial charge in [-0.25, -0.2) is 8.42 Å². The first-order valence-electron chi connectivity index (χ1n) is 8.37. The third kappa shape index (κ3) is 5.86. The molecule has 0 atom stereocenters. The van der Waals surface area contributed by atoms with E-state index in [1.54, 1.807) is 12.1 Å². The Morgan fingerprint density at radius 3 is 2.39 bits per heavy atom. The van der Waals surface area contributed by atoms with E-state index < -0.39 is 10.0 Å². The number of carbonyl (C=O) groups is 1. The first-order chi connectivity index (χ1) is 11.0. The van der Waals surface area contributed by atoms with E-state index in [0.717, 1.165) is 37.9 Å². The van der Waals surface area contributed by atoms with E-state index in [1.807, 2.05) is 24.0 Å². The fraction of sp³-hybridized carbons (Fsp3) is 0.588. The molecule has 1 aromatic carbocycles. The number of carbonyl (C=O) groups excluding carboxylic acids is 1. The SMILES string of the molecule is CCCCS(=O)(=O)Nc1ccc(CC(=O)N2CCCCC2)cc1. The summed E-state index contributed by atoms with van der Waals surface area (Å²) in [6, 6.07) is 7.09. The first-order valence-corrected chi connectivity index (χ1v) is 10.0. The maximum absolute atomic E-state index is 12.2. The van der Waals surface area contributed by atoms with Crippen LogP contribution in [0.4, 0.5) is 5.69 Å². The van der Waals surface area contributed by atoms with Gasteiger partial charge >= 0.3 is 0 Å². The Kier molecular flexibility index (Phi) is 6.45. The summed E-state index contributed by atoms with van der Waals surface area (Å²) in [5.41, 5.74) is 1.47. The molecular formula is C17H26N2O3S. The molecule has 5 nitrogen and oxygen atoms in total. The van der Waals surface area contributed by atoms with Gasteiger partial charge in [0.2, 0.25) is 15.9 Å². The summed E-state index contributed by atoms with van der Waals surface area (Å²) in [6.45, 7) is 3.67. The molecule has 0 unspecified atom stereocenters. The number of piperidine rings is 1. The molecule has 128 valence electrons. The van der Waals surface area contributed by atoms with Crippen molar-refractivity contribution in [2.45, 2.75) is 45.4 Å². The largest absolute Gasteiger partial charge is 0.342 e. The van der Waals surface area contributed by atoms with E-state index in [-0.39, 0.29) is 11.7 Å². The minimum absolute atomic E-state index is 0.138. The van der Waals surface area contributed by atoms with Crippen LogP contribution in [-0.2, 0) is 21.2 Å². The summed E-state index contributed by atoms with van der Waals surface area (Å²) >= 11 is 0. The van der Waals surface area contributed by atoms with E-state index in [1.165, 1.54) is 6.42 Å². The van der Waals surface area contributed by atoms with Crippen LogP contribution in [0, 0.1) is 0 Å². The Hall–Kier alpha value is -1.56. The third-order valence-electron chi connectivity index (χ3n) is 4.06. The molecule has 1 amide bonds. The molecule has 0 bridgehead atoms. The summed E-state index contributed by atoms with van der Waals surface area (Å²) in [6.07, 6.45) is 5.25. The van der Waals surface area contributed by atoms with Crippen molar-refractivity contribution in [1.29, 1.82) is 0 Å². The summed E-state index contributed by atoms with van der Waals surface area (Å²) in [7, 11) is -3.27. The van der Waals surface area contributed by atoms with Crippen LogP contribution in [0.5, 0.6) is 0 Å². The summed E-state index contributed by atoms with van der Waals surface area (Å²) in [5.74, 6) is 0.291. The van der Waals surface area contributed by atoms with Crippen molar-refractivity contribution in [2.24, 2.45) is 0 Å². The van der Waals surface area contributed by atoms with Crippen LogP contribution in [0.25, 0.3) is 0 Å². The van der Waals surface area contributed by atoms with Crippen molar-refractivity contribution >= 4 is 21.6 Å². The summed E-state index contributed by atoms with van der Waals surface area (Å²) in [5, 5.41) is 0. The van der Waals surface area contributed by atoms with E-state index in [2.05, 4.69) is 4.72 Å². The highest BCUT2D eigenvalue weighted by atomic mass is 32.2. The quantitative estimate of drug-likeness (QED) is 0.831. The van der Waals surface area contributed by atoms with Gasteiger partial charge in [-0.2, -0.15) is 0 Å². The zero-order chi connectivity index (χ0) is 16.7. The monoisotopic (exact) mass is 338 g/mol. The Morgan fingerprint density at radius 2 is 1.78 bits per heavy atom. The van der Waals surface area contributed by atoms with Crippen molar-refractivity contribution in [3.8, 4) is 0 Å². The molecule has 0 saturated carbocycles. The zero-order valence-corrected chi connectivity index (χ0v) is 14.6. The molecule has 1 aliphatic rings. The molecule has 0 aliphatic carbocycles. The lowest BCUT2D eigenvalue weighted by atomic mass is 10.1. The Labute approximate surface area is 139 Å². The van der Waals surface area contributed by atoms with E-state index >= 15 is 0 Å². The van der Waals surface area contributed by atoms with Gasteiger partial charge in [-0.3, -0.25) is 9.52 Å². The van der Waals surface area contributed by atoms with Gasteiger partial charge in [0, 0.05) is 18.8 Å². The third-order valence-corrected chi connectivity index (χ3v) is 5.43. The number of unbranched alkanes of at least 4 members (excludes halogenated alkanes) is 1. The van der Waals surface area contributed by atoms with Gasteiger partial charge in [-0.05, 0) is 43.4 Å². The number of anilines is 1. The highest BCUT2D eigenvalue weighted by Crippen LogP contribution is 2.15. The number of amides is 1. The van der Waals surface area contributed by atoms with Gasteiger partial charge in [0.25, 0.3) is 0 Å². The molecule has 1 aromatic rings. The van der Waals surface area contributed by atoms with Gasteiger partial charge in [0.05, 0.1) is 12.2 Å². The zero-order valence-electron chi connectivity index (χ0n) is 13.8. The maximum Gasteiger partial charge on any atom is 0.232 e. The van der Waals surface area contributed by atoms with Crippen LogP contribution < -0.4 is 4.72 Å². The van der Waals surface area contributed by atoms with Crippen molar-refractivity contribution in [2.75, 3.05) is 23.6 Å². The van der Waals surface area contributed by atoms with Crippen molar-refractivity contribution in [3.63, 3.8) is 0 Å².